The summed E-state index contributed by atoms with van der Waals surface area (Å²) >= 11 is 0. The van der Waals surface area contributed by atoms with E-state index in [4.69, 9.17) is 35.7 Å². The van der Waals surface area contributed by atoms with E-state index >= 15 is 0 Å². The molecule has 142 heavy (non-hydrogen) atoms. The maximum absolute atomic E-state index is 11.7. The van der Waals surface area contributed by atoms with Crippen LogP contribution in [0.4, 0.5) is 0 Å². The lowest BCUT2D eigenvalue weighted by molar-refractivity contribution is -0.0604. The van der Waals surface area contributed by atoms with E-state index < -0.39 is 81.6 Å². The molecule has 10 fully saturated rings. The van der Waals surface area contributed by atoms with Crippen LogP contribution in [0.5, 0.6) is 0 Å². The van der Waals surface area contributed by atoms with Gasteiger partial charge >= 0.3 is 0 Å². The summed E-state index contributed by atoms with van der Waals surface area (Å²) in [7, 11) is -14.2. The second kappa shape index (κ2) is 50.1. The predicted molar refractivity (Wildman–Crippen MR) is 631 cm³/mol. The molecule has 4 N–H and O–H groups in total. The molecule has 18 atom stereocenters. The van der Waals surface area contributed by atoms with Gasteiger partial charge < -0.3 is 56.1 Å². The van der Waals surface area contributed by atoms with Crippen molar-refractivity contribution in [1.82, 2.24) is 0 Å². The first-order valence-electron chi connectivity index (χ1n) is 58.1. The first-order chi connectivity index (χ1) is 63.8. The highest BCUT2D eigenvalue weighted by Gasteiger charge is 2.58. The van der Waals surface area contributed by atoms with Gasteiger partial charge in [0.05, 0.1) is 53.9 Å². The first kappa shape index (κ1) is 130. The van der Waals surface area contributed by atoms with Crippen molar-refractivity contribution in [3.63, 3.8) is 0 Å². The molecule has 0 bridgehead atoms. The Kier molecular flexibility index (Phi) is 45.9. The topological polar surface area (TPSA) is 155 Å². The van der Waals surface area contributed by atoms with Gasteiger partial charge in [-0.15, -0.1) is 0 Å². The van der Waals surface area contributed by atoms with Crippen LogP contribution in [-0.4, -0.2) is 158 Å². The van der Waals surface area contributed by atoms with Gasteiger partial charge in [0.25, 0.3) is 0 Å². The fourth-order valence-corrected chi connectivity index (χ4v) is 34.4. The van der Waals surface area contributed by atoms with Crippen molar-refractivity contribution in [2.75, 3.05) is 13.2 Å². The van der Waals surface area contributed by atoms with Crippen molar-refractivity contribution in [2.45, 2.75) is 622 Å². The molecule has 1 aliphatic heterocycles. The molecule has 0 radical (unpaired) electrons. The van der Waals surface area contributed by atoms with Crippen LogP contribution < -0.4 is 0 Å². The molecule has 10 rings (SSSR count). The Morgan fingerprint density at radius 2 is 0.549 bits per heavy atom. The zero-order chi connectivity index (χ0) is 107. The van der Waals surface area contributed by atoms with Crippen LogP contribution in [0.25, 0.3) is 0 Å². The third-order valence-electron chi connectivity index (χ3n) is 40.1. The van der Waals surface area contributed by atoms with E-state index in [1.807, 2.05) is 27.7 Å². The van der Waals surface area contributed by atoms with Gasteiger partial charge in [0, 0.05) is 13.2 Å². The Balaban J connectivity index is 0.000000317. The minimum absolute atomic E-state index is 0. The quantitative estimate of drug-likeness (QED) is 0.0489. The van der Waals surface area contributed by atoms with Crippen molar-refractivity contribution in [3.8, 4) is 0 Å². The molecule has 9 aliphatic carbocycles. The van der Waals surface area contributed by atoms with Crippen LogP contribution in [-0.2, 0) is 35.7 Å². The van der Waals surface area contributed by atoms with Crippen LogP contribution >= 0.6 is 0 Å². The second-order valence-electron chi connectivity index (χ2n) is 61.5. The summed E-state index contributed by atoms with van der Waals surface area (Å²) < 4.78 is 54.5. The third kappa shape index (κ3) is 35.8. The summed E-state index contributed by atoms with van der Waals surface area (Å²) in [4.78, 5) is 0. The van der Waals surface area contributed by atoms with Crippen LogP contribution in [0.15, 0.2) is 69.9 Å². The summed E-state index contributed by atoms with van der Waals surface area (Å²) in [5, 5.41) is 44.5. The molecule has 0 amide bonds. The molecule has 1 heterocycles. The number of rotatable bonds is 31. The number of aliphatic hydroxyl groups excluding tert-OH is 2. The molecular formula is C123H238O12Si7. The van der Waals surface area contributed by atoms with E-state index in [2.05, 4.69) is 322 Å². The Hall–Kier alpha value is -0.522. The Morgan fingerprint density at radius 1 is 0.324 bits per heavy atom. The molecule has 9 unspecified atom stereocenters. The molecule has 0 aromatic heterocycles. The highest BCUT2D eigenvalue weighted by atomic mass is 28.4. The summed E-state index contributed by atoms with van der Waals surface area (Å²) in [5.74, 6) is 6.69. The number of hydrogen-bond donors (Lipinski definition) is 4. The largest absolute Gasteiger partial charge is 0.411 e. The fraction of sp³-hybridized carbons (Fsp3) is 0.902. The maximum Gasteiger partial charge on any atom is 0.192 e. The van der Waals surface area contributed by atoms with E-state index in [1.165, 1.54) is 158 Å². The van der Waals surface area contributed by atoms with Crippen molar-refractivity contribution >= 4 is 58.2 Å². The first-order valence-corrected chi connectivity index (χ1v) is 79.0. The van der Waals surface area contributed by atoms with Crippen molar-refractivity contribution < 1.29 is 56.1 Å². The van der Waals surface area contributed by atoms with Gasteiger partial charge in [-0.1, -0.05) is 303 Å². The maximum atomic E-state index is 11.7. The Bertz CT molecular complexity index is 3780. The second-order valence-corrected chi connectivity index (χ2v) is 94.5. The average molecular weight is 2110 g/mol. The predicted octanol–water partition coefficient (Wildman–Crippen LogP) is 36.3. The highest BCUT2D eigenvalue weighted by molar-refractivity contribution is 6.76. The lowest BCUT2D eigenvalue weighted by Crippen LogP contribution is -2.58. The average Bonchev–Trinajstić information content (AvgIpc) is 1.60. The zero-order valence-corrected chi connectivity index (χ0v) is 108. The van der Waals surface area contributed by atoms with E-state index in [1.54, 1.807) is 16.7 Å². The molecule has 0 spiro atoms. The van der Waals surface area contributed by atoms with Crippen LogP contribution in [0.2, 0.25) is 128 Å². The fourth-order valence-electron chi connectivity index (χ4n) is 25.3. The number of allylic oxidation sites excluding steroid dienone is 9. The summed E-state index contributed by atoms with van der Waals surface area (Å²) in [6.07, 6.45) is 50.8. The molecule has 0 aromatic rings. The Labute approximate surface area is 888 Å². The molecule has 19 heteroatoms. The lowest BCUT2D eigenvalue weighted by Gasteiger charge is -2.49. The molecule has 0 aromatic carbocycles. The van der Waals surface area contributed by atoms with Gasteiger partial charge in [0.1, 0.15) is 12.2 Å². The van der Waals surface area contributed by atoms with Gasteiger partial charge in [0.2, 0.25) is 0 Å². The van der Waals surface area contributed by atoms with Gasteiger partial charge in [0.15, 0.2) is 58.2 Å². The number of fused-ring (bicyclic) bond motifs is 3. The van der Waals surface area contributed by atoms with Gasteiger partial charge in [-0.25, -0.2) is 0 Å². The molecule has 830 valence electrons. The van der Waals surface area contributed by atoms with Crippen molar-refractivity contribution in [1.29, 1.82) is 0 Å². The summed E-state index contributed by atoms with van der Waals surface area (Å²) in [5.41, 5.74) is 9.79. The minimum Gasteiger partial charge on any atom is -0.411 e. The van der Waals surface area contributed by atoms with Crippen molar-refractivity contribution in [2.24, 2.45) is 74.9 Å². The van der Waals surface area contributed by atoms with E-state index in [0.29, 0.717) is 45.3 Å². The Morgan fingerprint density at radius 3 is 0.754 bits per heavy atom. The monoisotopic (exact) mass is 2100 g/mol. The van der Waals surface area contributed by atoms with Crippen LogP contribution in [0.1, 0.15) is 428 Å². The number of aliphatic hydroxyl groups is 4. The van der Waals surface area contributed by atoms with Gasteiger partial charge in [-0.2, -0.15) is 0 Å². The molecule has 9 saturated carbocycles. The minimum atomic E-state index is -2.07. The van der Waals surface area contributed by atoms with E-state index in [9.17, 15) is 20.4 Å². The zero-order valence-electron chi connectivity index (χ0n) is 101. The SMILES string of the molecule is C.C1CCOC1.C[C@@H](CCCC(C)(C)C)C1CCC2/C(=C/C=C3C[C@@H](O[Si](C)(C)C(C)(C)C)C(O[Si](C)(C)C)[C@H](O[Si](C)(C)C(C)(C)C)C3)CCCC21C.C[C@@H](CCCC(C)(C)O)C1CCC2/C(=C/C=C3C[C@@H](O[Si](C)(C)C(C)(C)C)C(O)[C@H](O[Si](C)(C)C(C)(C)C)C3)CCCC21C.C[C@@H](CCCC(C)(C)O)C1CCC2/C(=C/C=C3C[C@@H](O[Si](C)(C)C(C)(C)C)C(O)[C@H](O[Si](C)(C)C(C)(C)C)C3)CCCC21C. The van der Waals surface area contributed by atoms with Crippen LogP contribution in [0.3, 0.4) is 0 Å². The molecule has 10 aliphatic rings. The number of hydrogen-bond acceptors (Lipinski definition) is 12. The highest BCUT2D eigenvalue weighted by Crippen LogP contribution is 2.64. The normalized spacial score (nSPS) is 31.6. The van der Waals surface area contributed by atoms with Crippen molar-refractivity contribution in [3.05, 3.63) is 69.9 Å². The van der Waals surface area contributed by atoms with E-state index in [-0.39, 0.29) is 80.4 Å². The summed E-state index contributed by atoms with van der Waals surface area (Å²) in [6.45, 7) is 109. The standard InChI is InChI=1S/C42H82O3Si3.2C38H72O4Si2.C4H8O.CH4/c1-31(21-19-27-39(2,3)4)34-25-26-35-33(22-20-28-42(34,35)11)24-23-32-29-36(43-47(15,16)40(5,6)7)38(45-46(12,13)14)37(30-32)44-48(17,18)41(8,9)10;2*1-27(17-15-23-37(8,9)40)30-21-22-31-29(18-16-24-38(30,31)10)20-19-28-25-32(41-43(11,12)35(2,3)4)34(39)33(26-28)42-44(13,14)36(5,6)7;1-2-4-5-3-1;/h23-24,31,34-38H,19-22,25-30H2,1-18H3;2*19-20,27,30-34,39-40H,15-18,21-26H2,1-14H3;1-4H2;1H4/b32-23?,33-24+;2*28-19?,29-20+;;/t31-,34?,35?,36+,37+,38?,42?;2*27-,30?,31?,32+,33+,34?,38?;;/m000../s1. The number of ether oxygens (including phenoxy) is 1. The summed E-state index contributed by atoms with van der Waals surface area (Å²) in [6, 6.07) is 0. The smallest absolute Gasteiger partial charge is 0.192 e. The van der Waals surface area contributed by atoms with Gasteiger partial charge in [-0.3, -0.25) is 0 Å². The van der Waals surface area contributed by atoms with Crippen LogP contribution in [0, 0.1) is 74.9 Å². The lowest BCUT2D eigenvalue weighted by atomic mass is 9.60. The van der Waals surface area contributed by atoms with E-state index in [0.717, 1.165) is 107 Å². The molecule has 12 nitrogen and oxygen atoms in total. The molecule has 1 saturated heterocycles. The third-order valence-corrected chi connectivity index (χ3v) is 68.1. The molecular weight excluding hydrogens is 1870 g/mol. The van der Waals surface area contributed by atoms with Gasteiger partial charge in [-0.05, 0) is 398 Å².